The van der Waals surface area contributed by atoms with Crippen LogP contribution in [-0.2, 0) is 18.6 Å². The van der Waals surface area contributed by atoms with Crippen molar-refractivity contribution in [3.63, 3.8) is 0 Å². The highest BCUT2D eigenvalue weighted by molar-refractivity contribution is 6.63. The van der Waals surface area contributed by atoms with Gasteiger partial charge in [0.25, 0.3) is 0 Å². The van der Waals surface area contributed by atoms with Gasteiger partial charge in [-0.2, -0.15) is 0 Å². The zero-order valence-corrected chi connectivity index (χ0v) is 39.6. The number of fused-ring (bicyclic) bond motifs is 3. The topological polar surface area (TPSA) is 55.4 Å². The minimum absolute atomic E-state index is 0.465. The van der Waals surface area contributed by atoms with Crippen molar-refractivity contribution in [3.8, 4) is 22.6 Å². The van der Waals surface area contributed by atoms with Crippen LogP contribution in [0.15, 0.2) is 84.9 Å². The van der Waals surface area contributed by atoms with E-state index in [0.29, 0.717) is 13.2 Å². The maximum Gasteiger partial charge on any atom is 0.494 e. The van der Waals surface area contributed by atoms with Crippen molar-refractivity contribution in [2.24, 2.45) is 0 Å². The predicted molar refractivity (Wildman–Crippen MR) is 259 cm³/mol. The van der Waals surface area contributed by atoms with Gasteiger partial charge in [-0.25, -0.2) is 0 Å². The number of hydrogen-bond acceptors (Lipinski definition) is 6. The summed E-state index contributed by atoms with van der Waals surface area (Å²) in [5.41, 5.74) is 9.11. The Morgan fingerprint density at radius 3 is 1.19 bits per heavy atom. The summed E-state index contributed by atoms with van der Waals surface area (Å²) in [6.45, 7) is 22.8. The third kappa shape index (κ3) is 10.1. The van der Waals surface area contributed by atoms with E-state index in [4.69, 9.17) is 28.1 Å². The quantitative estimate of drug-likeness (QED) is 0.0575. The molecule has 0 amide bonds. The normalized spacial score (nSPS) is 17.9. The van der Waals surface area contributed by atoms with Crippen LogP contribution in [0.2, 0.25) is 0 Å². The van der Waals surface area contributed by atoms with Crippen molar-refractivity contribution >= 4 is 36.3 Å². The molecular formula is C54H72B2O6. The van der Waals surface area contributed by atoms with Gasteiger partial charge in [0, 0.05) is 0 Å². The minimum atomic E-state index is -0.503. The highest BCUT2D eigenvalue weighted by Crippen LogP contribution is 2.50. The summed E-state index contributed by atoms with van der Waals surface area (Å²) in [5.74, 6) is 1.75. The third-order valence-electron chi connectivity index (χ3n) is 14.0. The van der Waals surface area contributed by atoms with Crippen LogP contribution in [0.5, 0.6) is 11.5 Å². The molecule has 0 unspecified atom stereocenters. The summed E-state index contributed by atoms with van der Waals surface area (Å²) < 4.78 is 39.6. The summed E-state index contributed by atoms with van der Waals surface area (Å²) in [6.07, 6.45) is 14.7. The van der Waals surface area contributed by atoms with Crippen molar-refractivity contribution in [2.75, 3.05) is 13.2 Å². The Labute approximate surface area is 374 Å². The van der Waals surface area contributed by atoms with E-state index in [-0.39, 0.29) is 0 Å². The van der Waals surface area contributed by atoms with Gasteiger partial charge in [-0.15, -0.1) is 0 Å². The van der Waals surface area contributed by atoms with Gasteiger partial charge in [-0.3, -0.25) is 0 Å². The average Bonchev–Trinajstić information content (AvgIpc) is 3.76. The van der Waals surface area contributed by atoms with Gasteiger partial charge in [0.2, 0.25) is 0 Å². The van der Waals surface area contributed by atoms with Gasteiger partial charge in [-0.1, -0.05) is 139 Å². The van der Waals surface area contributed by atoms with Crippen LogP contribution in [0.1, 0.15) is 169 Å². The largest absolute Gasteiger partial charge is 0.494 e. The van der Waals surface area contributed by atoms with E-state index in [0.717, 1.165) is 68.7 Å². The van der Waals surface area contributed by atoms with E-state index in [9.17, 15) is 0 Å². The average molecular weight is 839 g/mol. The first kappa shape index (κ1) is 46.2. The molecule has 6 nitrogen and oxygen atoms in total. The van der Waals surface area contributed by atoms with Crippen molar-refractivity contribution in [1.82, 2.24) is 0 Å². The van der Waals surface area contributed by atoms with Crippen molar-refractivity contribution in [2.45, 2.75) is 169 Å². The lowest BCUT2D eigenvalue weighted by Gasteiger charge is -2.32. The smallest absolute Gasteiger partial charge is 0.494 e. The molecule has 2 fully saturated rings. The zero-order chi connectivity index (χ0) is 44.1. The summed E-state index contributed by atoms with van der Waals surface area (Å²) in [7, 11) is -1.01. The SMILES string of the molecule is CCCCCCCCOc1cccc(C(=C2c3cc(B4OC(C)(C)C(C)(C)O4)ccc3-c3ccc(B4OC(C)(C)C(C)(C)O4)cc32)c2cccc(OCCCCCCCC)c2)c1. The molecule has 4 aromatic rings. The van der Waals surface area contributed by atoms with Gasteiger partial charge in [0.15, 0.2) is 0 Å². The second kappa shape index (κ2) is 19.5. The molecule has 1 aliphatic carbocycles. The lowest BCUT2D eigenvalue weighted by molar-refractivity contribution is 0.00578. The van der Waals surface area contributed by atoms with E-state index in [1.807, 2.05) is 0 Å². The first-order valence-electron chi connectivity index (χ1n) is 23.9. The second-order valence-corrected chi connectivity index (χ2v) is 19.8. The van der Waals surface area contributed by atoms with E-state index in [1.165, 1.54) is 75.3 Å². The van der Waals surface area contributed by atoms with Gasteiger partial charge in [-0.05, 0) is 148 Å². The molecule has 0 aromatic heterocycles. The Balaban J connectivity index is 1.35. The van der Waals surface area contributed by atoms with E-state index >= 15 is 0 Å². The lowest BCUT2D eigenvalue weighted by Crippen LogP contribution is -2.41. The molecule has 0 N–H and O–H groups in total. The molecule has 4 aromatic carbocycles. The van der Waals surface area contributed by atoms with E-state index in [1.54, 1.807) is 0 Å². The molecule has 2 saturated heterocycles. The monoisotopic (exact) mass is 839 g/mol. The molecule has 7 rings (SSSR count). The fourth-order valence-corrected chi connectivity index (χ4v) is 8.76. The fraction of sp³-hybridized carbons (Fsp3) is 0.519. The maximum absolute atomic E-state index is 6.65. The number of unbranched alkanes of at least 4 members (excludes halogenated alkanes) is 10. The molecule has 0 atom stereocenters. The molecular weight excluding hydrogens is 766 g/mol. The highest BCUT2D eigenvalue weighted by Gasteiger charge is 2.53. The lowest BCUT2D eigenvalue weighted by atomic mass is 9.76. The Hall–Kier alpha value is -3.81. The van der Waals surface area contributed by atoms with Crippen LogP contribution >= 0.6 is 0 Å². The molecule has 2 aliphatic heterocycles. The van der Waals surface area contributed by atoms with Gasteiger partial charge in [0.1, 0.15) is 11.5 Å². The third-order valence-corrected chi connectivity index (χ3v) is 14.0. The Bertz CT molecular complexity index is 2000. The number of hydrogen-bond donors (Lipinski definition) is 0. The number of benzene rings is 4. The van der Waals surface area contributed by atoms with Gasteiger partial charge >= 0.3 is 14.2 Å². The van der Waals surface area contributed by atoms with Crippen LogP contribution in [0.25, 0.3) is 22.3 Å². The van der Waals surface area contributed by atoms with Gasteiger partial charge in [0.05, 0.1) is 35.6 Å². The second-order valence-electron chi connectivity index (χ2n) is 19.8. The molecule has 3 aliphatic rings. The predicted octanol–water partition coefficient (Wildman–Crippen LogP) is 12.8. The molecule has 330 valence electrons. The van der Waals surface area contributed by atoms with Crippen molar-refractivity contribution in [1.29, 1.82) is 0 Å². The van der Waals surface area contributed by atoms with Crippen LogP contribution in [0.4, 0.5) is 0 Å². The van der Waals surface area contributed by atoms with E-state index in [2.05, 4.69) is 154 Å². The highest BCUT2D eigenvalue weighted by atomic mass is 16.7. The van der Waals surface area contributed by atoms with Crippen LogP contribution in [0.3, 0.4) is 0 Å². The molecule has 62 heavy (non-hydrogen) atoms. The van der Waals surface area contributed by atoms with Crippen molar-refractivity contribution in [3.05, 3.63) is 107 Å². The molecule has 8 heteroatoms. The van der Waals surface area contributed by atoms with Gasteiger partial charge < -0.3 is 28.1 Å². The number of ether oxygens (including phenoxy) is 2. The Morgan fingerprint density at radius 1 is 0.435 bits per heavy atom. The van der Waals surface area contributed by atoms with Crippen LogP contribution in [0, 0.1) is 0 Å². The molecule has 0 spiro atoms. The molecule has 0 radical (unpaired) electrons. The van der Waals surface area contributed by atoms with E-state index < -0.39 is 36.6 Å². The fourth-order valence-electron chi connectivity index (χ4n) is 8.76. The summed E-state index contributed by atoms with van der Waals surface area (Å²) >= 11 is 0. The first-order chi connectivity index (χ1) is 29.6. The standard InChI is InChI=1S/C54H72B2O6/c1-11-13-15-17-19-21-33-57-43-27-23-25-39(35-43)49(40-26-24-28-44(36-40)58-34-22-20-18-16-14-12-2)50-47-37-41(55-59-51(3,4)52(5,6)60-55)29-31-45(47)46-32-30-42(38-48(46)50)56-61-53(7,8)54(9,10)62-56/h23-32,35-38H,11-22,33-34H2,1-10H3. The first-order valence-corrected chi connectivity index (χ1v) is 23.9. The Kier molecular flexibility index (Phi) is 14.5. The van der Waals surface area contributed by atoms with Crippen LogP contribution in [-0.4, -0.2) is 49.9 Å². The molecule has 0 bridgehead atoms. The maximum atomic E-state index is 6.65. The van der Waals surface area contributed by atoms with Crippen LogP contribution < -0.4 is 20.4 Å². The number of rotatable bonds is 20. The van der Waals surface area contributed by atoms with Crippen molar-refractivity contribution < 1.29 is 28.1 Å². The minimum Gasteiger partial charge on any atom is -0.494 e. The molecule has 2 heterocycles. The summed E-state index contributed by atoms with van der Waals surface area (Å²) in [6, 6.07) is 30.7. The Morgan fingerprint density at radius 2 is 0.806 bits per heavy atom. The zero-order valence-electron chi connectivity index (χ0n) is 39.6. The molecule has 0 saturated carbocycles. The summed E-state index contributed by atoms with van der Waals surface area (Å²) in [4.78, 5) is 0. The summed E-state index contributed by atoms with van der Waals surface area (Å²) in [5, 5.41) is 0.